The molecule has 4 nitrogen and oxygen atoms in total. The molecule has 2 aliphatic rings. The summed E-state index contributed by atoms with van der Waals surface area (Å²) in [7, 11) is 0. The summed E-state index contributed by atoms with van der Waals surface area (Å²) < 4.78 is 0. The lowest BCUT2D eigenvalue weighted by Crippen LogP contribution is -2.56. The summed E-state index contributed by atoms with van der Waals surface area (Å²) in [6.45, 7) is 7.82. The van der Waals surface area contributed by atoms with Crippen molar-refractivity contribution in [3.05, 3.63) is 28.3 Å². The smallest absolute Gasteiger partial charge is 0.226 e. The summed E-state index contributed by atoms with van der Waals surface area (Å²) >= 11 is 6.20. The Morgan fingerprint density at radius 3 is 2.69 bits per heavy atom. The minimum absolute atomic E-state index is 0.274. The molecule has 26 heavy (non-hydrogen) atoms. The quantitative estimate of drug-likeness (QED) is 0.781. The summed E-state index contributed by atoms with van der Waals surface area (Å²) in [5.41, 5.74) is 9.15. The number of nitrogens with two attached hydrogens (primary N) is 1. The van der Waals surface area contributed by atoms with Crippen LogP contribution >= 0.6 is 11.6 Å². The average Bonchev–Trinajstić information content (AvgIpc) is 3.14. The second-order valence-electron chi connectivity index (χ2n) is 7.97. The van der Waals surface area contributed by atoms with Crippen molar-refractivity contribution in [2.75, 3.05) is 25.4 Å². The number of hydrogen-bond acceptors (Lipinski definition) is 3. The Morgan fingerprint density at radius 1 is 1.27 bits per heavy atom. The van der Waals surface area contributed by atoms with Gasteiger partial charge in [-0.15, -0.1) is 0 Å². The molecule has 3 rings (SSSR count). The Bertz CT molecular complexity index is 642. The number of benzene rings is 1. The van der Waals surface area contributed by atoms with Gasteiger partial charge in [-0.2, -0.15) is 0 Å². The molecule has 0 aromatic heterocycles. The van der Waals surface area contributed by atoms with E-state index < -0.39 is 0 Å². The largest absolute Gasteiger partial charge is 0.398 e. The van der Waals surface area contributed by atoms with E-state index in [1.165, 1.54) is 18.4 Å². The maximum absolute atomic E-state index is 13.0. The van der Waals surface area contributed by atoms with E-state index >= 15 is 0 Å². The van der Waals surface area contributed by atoms with Crippen LogP contribution in [0.1, 0.15) is 56.6 Å². The monoisotopic (exact) mass is 377 g/mol. The average molecular weight is 378 g/mol. The van der Waals surface area contributed by atoms with E-state index in [1.54, 1.807) is 0 Å². The molecule has 2 N–H and O–H groups in total. The number of amides is 1. The van der Waals surface area contributed by atoms with E-state index in [0.29, 0.717) is 17.0 Å². The molecule has 1 heterocycles. The van der Waals surface area contributed by atoms with Gasteiger partial charge >= 0.3 is 0 Å². The van der Waals surface area contributed by atoms with Gasteiger partial charge < -0.3 is 10.6 Å². The molecule has 0 spiro atoms. The van der Waals surface area contributed by atoms with Crippen LogP contribution in [0.5, 0.6) is 0 Å². The Kier molecular flexibility index (Phi) is 6.46. The first kappa shape index (κ1) is 19.5. The molecule has 1 saturated heterocycles. The number of nitrogen functional groups attached to an aromatic ring is 1. The Labute approximate surface area is 162 Å². The van der Waals surface area contributed by atoms with Crippen molar-refractivity contribution in [2.24, 2.45) is 5.92 Å². The molecule has 1 saturated carbocycles. The van der Waals surface area contributed by atoms with E-state index in [9.17, 15) is 4.79 Å². The van der Waals surface area contributed by atoms with Gasteiger partial charge in [-0.1, -0.05) is 37.8 Å². The van der Waals surface area contributed by atoms with Gasteiger partial charge in [0.1, 0.15) is 0 Å². The van der Waals surface area contributed by atoms with Crippen LogP contribution in [0.15, 0.2) is 12.1 Å². The number of carbonyl (C=O) groups excluding carboxylic acids is 1. The van der Waals surface area contributed by atoms with Gasteiger partial charge in [0.25, 0.3) is 0 Å². The van der Waals surface area contributed by atoms with Crippen LogP contribution in [0.25, 0.3) is 0 Å². The highest BCUT2D eigenvalue weighted by atomic mass is 35.5. The number of hydrogen-bond donors (Lipinski definition) is 1. The molecule has 1 aliphatic carbocycles. The lowest BCUT2D eigenvalue weighted by molar-refractivity contribution is -0.140. The van der Waals surface area contributed by atoms with Gasteiger partial charge in [0, 0.05) is 48.8 Å². The highest BCUT2D eigenvalue weighted by molar-refractivity contribution is 6.31. The maximum Gasteiger partial charge on any atom is 0.226 e. The van der Waals surface area contributed by atoms with Gasteiger partial charge in [-0.3, -0.25) is 9.69 Å². The third-order valence-electron chi connectivity index (χ3n) is 6.09. The number of piperazine rings is 1. The first-order valence-corrected chi connectivity index (χ1v) is 10.4. The summed E-state index contributed by atoms with van der Waals surface area (Å²) in [4.78, 5) is 17.6. The van der Waals surface area contributed by atoms with E-state index in [-0.39, 0.29) is 5.92 Å². The molecular weight excluding hydrogens is 346 g/mol. The topological polar surface area (TPSA) is 49.6 Å². The molecule has 1 aliphatic heterocycles. The van der Waals surface area contributed by atoms with Crippen molar-refractivity contribution in [1.29, 1.82) is 0 Å². The third-order valence-corrected chi connectivity index (χ3v) is 6.31. The predicted molar refractivity (Wildman–Crippen MR) is 108 cm³/mol. The predicted octanol–water partition coefficient (Wildman–Crippen LogP) is 4.23. The Morgan fingerprint density at radius 2 is 2.00 bits per heavy atom. The number of nitrogens with zero attached hydrogens (tertiary/aromatic N) is 2. The summed E-state index contributed by atoms with van der Waals surface area (Å²) in [5.74, 6) is 0.680. The fourth-order valence-electron chi connectivity index (χ4n) is 4.50. The molecule has 2 fully saturated rings. The van der Waals surface area contributed by atoms with Gasteiger partial charge in [-0.05, 0) is 49.4 Å². The molecule has 1 aromatic carbocycles. The standard InChI is InChI=1S/C21H32ClN3O/c1-3-6-19-14-24(13-17-11-18(22)12-20(23)15(17)2)9-10-25(19)21(26)16-7-4-5-8-16/h11-12,16,19H,3-10,13-14,23H2,1-2H3/t19-/m1/s1. The Balaban J connectivity index is 1.68. The van der Waals surface area contributed by atoms with Crippen molar-refractivity contribution in [3.8, 4) is 0 Å². The van der Waals surface area contributed by atoms with E-state index in [2.05, 4.69) is 23.6 Å². The highest BCUT2D eigenvalue weighted by Crippen LogP contribution is 2.30. The van der Waals surface area contributed by atoms with Crippen LogP contribution in [0.2, 0.25) is 5.02 Å². The van der Waals surface area contributed by atoms with Crippen LogP contribution in [0.3, 0.4) is 0 Å². The fraction of sp³-hybridized carbons (Fsp3) is 0.667. The number of anilines is 1. The first-order chi connectivity index (χ1) is 12.5. The normalized spacial score (nSPS) is 22.1. The molecule has 1 amide bonds. The zero-order valence-electron chi connectivity index (χ0n) is 16.1. The van der Waals surface area contributed by atoms with Gasteiger partial charge in [-0.25, -0.2) is 0 Å². The molecular formula is C21H32ClN3O. The number of rotatable bonds is 5. The zero-order valence-corrected chi connectivity index (χ0v) is 16.9. The van der Waals surface area contributed by atoms with Gasteiger partial charge in [0.2, 0.25) is 5.91 Å². The van der Waals surface area contributed by atoms with Crippen LogP contribution in [0, 0.1) is 12.8 Å². The highest BCUT2D eigenvalue weighted by Gasteiger charge is 2.34. The minimum Gasteiger partial charge on any atom is -0.398 e. The van der Waals surface area contributed by atoms with Crippen molar-refractivity contribution in [1.82, 2.24) is 9.80 Å². The molecule has 0 bridgehead atoms. The lowest BCUT2D eigenvalue weighted by Gasteiger charge is -2.42. The molecule has 0 unspecified atom stereocenters. The van der Waals surface area contributed by atoms with Crippen molar-refractivity contribution >= 4 is 23.2 Å². The van der Waals surface area contributed by atoms with Crippen molar-refractivity contribution in [3.63, 3.8) is 0 Å². The maximum atomic E-state index is 13.0. The van der Waals surface area contributed by atoms with Gasteiger partial charge in [0.05, 0.1) is 0 Å². The van der Waals surface area contributed by atoms with E-state index in [4.69, 9.17) is 17.3 Å². The molecule has 5 heteroatoms. The minimum atomic E-state index is 0.274. The second kappa shape index (κ2) is 8.62. The Hall–Kier alpha value is -1.26. The van der Waals surface area contributed by atoms with Crippen molar-refractivity contribution < 1.29 is 4.79 Å². The number of halogens is 1. The van der Waals surface area contributed by atoms with Crippen molar-refractivity contribution in [2.45, 2.75) is 65.0 Å². The van der Waals surface area contributed by atoms with E-state index in [0.717, 1.165) is 63.1 Å². The van der Waals surface area contributed by atoms with Crippen LogP contribution in [0.4, 0.5) is 5.69 Å². The van der Waals surface area contributed by atoms with Gasteiger partial charge in [0.15, 0.2) is 0 Å². The van der Waals surface area contributed by atoms with E-state index in [1.807, 2.05) is 12.1 Å². The fourth-order valence-corrected chi connectivity index (χ4v) is 4.75. The molecule has 0 radical (unpaired) electrons. The summed E-state index contributed by atoms with van der Waals surface area (Å²) in [6.07, 6.45) is 6.77. The first-order valence-electron chi connectivity index (χ1n) is 10.1. The van der Waals surface area contributed by atoms with Crippen LogP contribution in [-0.2, 0) is 11.3 Å². The number of carbonyl (C=O) groups is 1. The molecule has 1 atom stereocenters. The second-order valence-corrected chi connectivity index (χ2v) is 8.41. The SMILES string of the molecule is CCC[C@@H]1CN(Cc2cc(Cl)cc(N)c2C)CCN1C(=O)C1CCCC1. The molecule has 144 valence electrons. The van der Waals surface area contributed by atoms with Crippen LogP contribution < -0.4 is 5.73 Å². The molecule has 1 aromatic rings. The zero-order chi connectivity index (χ0) is 18.7. The van der Waals surface area contributed by atoms with Crippen LogP contribution in [-0.4, -0.2) is 41.4 Å². The summed E-state index contributed by atoms with van der Waals surface area (Å²) in [5, 5.41) is 0.697. The lowest BCUT2D eigenvalue weighted by atomic mass is 10.00. The third kappa shape index (κ3) is 4.34. The summed E-state index contributed by atoms with van der Waals surface area (Å²) in [6, 6.07) is 4.18.